The van der Waals surface area contributed by atoms with Crippen molar-refractivity contribution >= 4 is 22.7 Å². The zero-order valence-corrected chi connectivity index (χ0v) is 16.0. The van der Waals surface area contributed by atoms with Crippen molar-refractivity contribution in [3.8, 4) is 11.3 Å². The number of aromatic amines is 1. The Balaban J connectivity index is 1.57. The minimum atomic E-state index is -2.53. The van der Waals surface area contributed by atoms with E-state index >= 15 is 0 Å². The summed E-state index contributed by atoms with van der Waals surface area (Å²) in [6.07, 6.45) is -2.99. The van der Waals surface area contributed by atoms with Gasteiger partial charge in [0.25, 0.3) is 6.43 Å². The number of nitrogens with one attached hydrogen (secondary N) is 3. The highest BCUT2D eigenvalue weighted by molar-refractivity contribution is 5.92. The number of hydrogen-bond acceptors (Lipinski definition) is 3. The highest BCUT2D eigenvalue weighted by Crippen LogP contribution is 2.32. The van der Waals surface area contributed by atoms with E-state index in [-0.39, 0.29) is 24.4 Å². The number of aliphatic hydroxyl groups excluding tert-OH is 1. The number of carbonyl (C=O) groups is 2. The Hall–Kier alpha value is -3.26. The van der Waals surface area contributed by atoms with Gasteiger partial charge in [-0.1, -0.05) is 42.5 Å². The molecule has 1 fully saturated rings. The van der Waals surface area contributed by atoms with Gasteiger partial charge in [-0.05, 0) is 23.6 Å². The molecule has 2 heterocycles. The third kappa shape index (κ3) is 3.91. The summed E-state index contributed by atoms with van der Waals surface area (Å²) in [4.78, 5) is 27.4. The maximum Gasteiger partial charge on any atom is 0.263 e. The van der Waals surface area contributed by atoms with Gasteiger partial charge in [0, 0.05) is 35.1 Å². The Morgan fingerprint density at radius 3 is 2.57 bits per heavy atom. The second-order valence-corrected chi connectivity index (χ2v) is 7.30. The van der Waals surface area contributed by atoms with Gasteiger partial charge in [0.1, 0.15) is 12.1 Å². The number of aliphatic hydroxyl groups is 1. The molecule has 156 valence electrons. The third-order valence-corrected chi connectivity index (χ3v) is 5.34. The topological polar surface area (TPSA) is 94.2 Å². The lowest BCUT2D eigenvalue weighted by atomic mass is 10.00. The molecule has 2 atom stereocenters. The summed E-state index contributed by atoms with van der Waals surface area (Å²) in [6.45, 7) is 0.116. The van der Waals surface area contributed by atoms with Gasteiger partial charge in [0.2, 0.25) is 11.8 Å². The minimum absolute atomic E-state index is 0.0517. The van der Waals surface area contributed by atoms with Crippen LogP contribution in [0.1, 0.15) is 24.0 Å². The molecule has 4 rings (SSSR count). The van der Waals surface area contributed by atoms with Crippen LogP contribution in [-0.2, 0) is 16.0 Å². The van der Waals surface area contributed by atoms with E-state index in [4.69, 9.17) is 0 Å². The molecule has 6 nitrogen and oxygen atoms in total. The number of hydrogen-bond donors (Lipinski definition) is 4. The second-order valence-electron chi connectivity index (χ2n) is 7.30. The molecule has 3 aromatic rings. The molecule has 4 N–H and O–H groups in total. The normalized spacial score (nSPS) is 18.7. The van der Waals surface area contributed by atoms with Gasteiger partial charge >= 0.3 is 0 Å². The van der Waals surface area contributed by atoms with E-state index in [0.29, 0.717) is 6.42 Å². The first-order valence-electron chi connectivity index (χ1n) is 9.67. The number of β-amino-alcohol motifs (C(OH)–C–C–N with tert-alkyl or cyclic N) is 1. The highest BCUT2D eigenvalue weighted by Gasteiger charge is 2.34. The van der Waals surface area contributed by atoms with E-state index in [1.54, 1.807) is 12.1 Å². The number of halogens is 2. The Morgan fingerprint density at radius 2 is 1.90 bits per heavy atom. The molecular formula is C22H21F2N3O3. The Morgan fingerprint density at radius 1 is 1.17 bits per heavy atom. The van der Waals surface area contributed by atoms with Gasteiger partial charge in [0.15, 0.2) is 0 Å². The fourth-order valence-electron chi connectivity index (χ4n) is 3.75. The van der Waals surface area contributed by atoms with Crippen LogP contribution in [0.4, 0.5) is 8.78 Å². The summed E-state index contributed by atoms with van der Waals surface area (Å²) in [7, 11) is 0. The number of fused-ring (bicyclic) bond motifs is 1. The maximum absolute atomic E-state index is 12.9. The largest absolute Gasteiger partial charge is 0.389 e. The summed E-state index contributed by atoms with van der Waals surface area (Å²) >= 11 is 0. The van der Waals surface area contributed by atoms with Crippen LogP contribution < -0.4 is 10.6 Å². The predicted molar refractivity (Wildman–Crippen MR) is 108 cm³/mol. The minimum Gasteiger partial charge on any atom is -0.389 e. The smallest absolute Gasteiger partial charge is 0.263 e. The van der Waals surface area contributed by atoms with E-state index in [9.17, 15) is 23.5 Å². The van der Waals surface area contributed by atoms with Crippen LogP contribution in [0.25, 0.3) is 22.2 Å². The molecule has 1 aliphatic rings. The molecule has 2 aromatic carbocycles. The van der Waals surface area contributed by atoms with Crippen molar-refractivity contribution in [2.45, 2.75) is 31.4 Å². The monoisotopic (exact) mass is 413 g/mol. The number of aromatic nitrogens is 1. The number of amides is 2. The lowest BCUT2D eigenvalue weighted by molar-refractivity contribution is -0.128. The SMILES string of the molecule is O=C(CCc1c(-c2ccc(C(F)F)cc2)[nH]c2ccccc12)N[C@@H]1C(=O)NC[C@H]1O. The summed E-state index contributed by atoms with van der Waals surface area (Å²) in [5.41, 5.74) is 3.23. The van der Waals surface area contributed by atoms with Gasteiger partial charge in [-0.15, -0.1) is 0 Å². The standard InChI is InChI=1S/C22H21F2N3O3/c23-21(24)13-7-5-12(6-8-13)19-15(14-3-1-2-4-16(14)26-19)9-10-18(29)27-20-17(28)11-25-22(20)30/h1-8,17,20-21,26,28H,9-11H2,(H,25,30)(H,27,29)/t17-,20+/m1/s1. The average Bonchev–Trinajstić information content (AvgIpc) is 3.27. The van der Waals surface area contributed by atoms with Crippen LogP contribution in [0.3, 0.4) is 0 Å². The van der Waals surface area contributed by atoms with Crippen molar-refractivity contribution in [1.29, 1.82) is 0 Å². The number of H-pyrrole nitrogens is 1. The zero-order chi connectivity index (χ0) is 21.3. The first kappa shape index (κ1) is 20.0. The molecule has 0 spiro atoms. The fourth-order valence-corrected chi connectivity index (χ4v) is 3.75. The molecule has 0 aliphatic carbocycles. The fraction of sp³-hybridized carbons (Fsp3) is 0.273. The van der Waals surface area contributed by atoms with Crippen molar-refractivity contribution in [3.63, 3.8) is 0 Å². The predicted octanol–water partition coefficient (Wildman–Crippen LogP) is 2.68. The number of carbonyl (C=O) groups excluding carboxylic acids is 2. The van der Waals surface area contributed by atoms with E-state index < -0.39 is 24.5 Å². The van der Waals surface area contributed by atoms with E-state index in [1.165, 1.54) is 12.1 Å². The Labute approximate surface area is 171 Å². The van der Waals surface area contributed by atoms with Crippen molar-refractivity contribution in [3.05, 3.63) is 59.7 Å². The molecule has 1 aliphatic heterocycles. The second kappa shape index (κ2) is 8.23. The van der Waals surface area contributed by atoms with Gasteiger partial charge < -0.3 is 20.7 Å². The summed E-state index contributed by atoms with van der Waals surface area (Å²) < 4.78 is 25.8. The zero-order valence-electron chi connectivity index (χ0n) is 16.0. The molecule has 0 radical (unpaired) electrons. The molecule has 0 unspecified atom stereocenters. The summed E-state index contributed by atoms with van der Waals surface area (Å²) in [6, 6.07) is 12.7. The maximum atomic E-state index is 12.9. The number of rotatable bonds is 6. The van der Waals surface area contributed by atoms with Crippen LogP contribution in [-0.4, -0.2) is 40.6 Å². The van der Waals surface area contributed by atoms with Crippen molar-refractivity contribution in [1.82, 2.24) is 15.6 Å². The highest BCUT2D eigenvalue weighted by atomic mass is 19.3. The number of para-hydroxylation sites is 1. The van der Waals surface area contributed by atoms with Crippen molar-refractivity contribution in [2.75, 3.05) is 6.54 Å². The molecule has 1 saturated heterocycles. The van der Waals surface area contributed by atoms with E-state index in [1.807, 2.05) is 24.3 Å². The molecule has 1 aromatic heterocycles. The van der Waals surface area contributed by atoms with Crippen LogP contribution >= 0.6 is 0 Å². The van der Waals surface area contributed by atoms with Crippen molar-refractivity contribution in [2.24, 2.45) is 0 Å². The Bertz CT molecular complexity index is 1080. The average molecular weight is 413 g/mol. The van der Waals surface area contributed by atoms with Crippen LogP contribution in [0.5, 0.6) is 0 Å². The van der Waals surface area contributed by atoms with E-state index in [2.05, 4.69) is 15.6 Å². The van der Waals surface area contributed by atoms with Crippen molar-refractivity contribution < 1.29 is 23.5 Å². The summed E-state index contributed by atoms with van der Waals surface area (Å²) in [5.74, 6) is -0.747. The first-order valence-corrected chi connectivity index (χ1v) is 9.67. The van der Waals surface area contributed by atoms with Gasteiger partial charge in [0.05, 0.1) is 0 Å². The molecule has 30 heavy (non-hydrogen) atoms. The lowest BCUT2D eigenvalue weighted by Gasteiger charge is -2.14. The number of benzene rings is 2. The van der Waals surface area contributed by atoms with Gasteiger partial charge in [-0.3, -0.25) is 9.59 Å². The van der Waals surface area contributed by atoms with Crippen LogP contribution in [0.15, 0.2) is 48.5 Å². The Kier molecular flexibility index (Phi) is 5.50. The number of aryl methyl sites for hydroxylation is 1. The number of alkyl halides is 2. The van der Waals surface area contributed by atoms with Gasteiger partial charge in [-0.25, -0.2) is 8.78 Å². The third-order valence-electron chi connectivity index (χ3n) is 5.34. The molecule has 8 heteroatoms. The van der Waals surface area contributed by atoms with Gasteiger partial charge in [-0.2, -0.15) is 0 Å². The quantitative estimate of drug-likeness (QED) is 0.501. The molecule has 0 bridgehead atoms. The van der Waals surface area contributed by atoms with Crippen LogP contribution in [0.2, 0.25) is 0 Å². The van der Waals surface area contributed by atoms with E-state index in [0.717, 1.165) is 27.7 Å². The lowest BCUT2D eigenvalue weighted by Crippen LogP contribution is -2.45. The first-order chi connectivity index (χ1) is 14.4. The van der Waals surface area contributed by atoms with Crippen LogP contribution in [0, 0.1) is 0 Å². The molecule has 0 saturated carbocycles. The molecule has 2 amide bonds. The molecular weight excluding hydrogens is 392 g/mol. The summed E-state index contributed by atoms with van der Waals surface area (Å²) in [5, 5.41) is 15.8.